The number of benzene rings is 1. The first-order valence-corrected chi connectivity index (χ1v) is 6.09. The van der Waals surface area contributed by atoms with E-state index in [4.69, 9.17) is 4.42 Å². The Labute approximate surface area is 111 Å². The summed E-state index contributed by atoms with van der Waals surface area (Å²) in [5.74, 6) is 1.42. The van der Waals surface area contributed by atoms with Gasteiger partial charge in [0.1, 0.15) is 17.8 Å². The minimum Gasteiger partial charge on any atom is -0.461 e. The molecule has 0 aliphatic heterocycles. The second kappa shape index (κ2) is 6.00. The lowest BCUT2D eigenvalue weighted by atomic mass is 10.1. The summed E-state index contributed by atoms with van der Waals surface area (Å²) in [4.78, 5) is 21.7. The fourth-order valence-electron chi connectivity index (χ4n) is 1.80. The average Bonchev–Trinajstić information content (AvgIpc) is 2.93. The Kier molecular flexibility index (Phi) is 4.13. The van der Waals surface area contributed by atoms with Crippen molar-refractivity contribution in [2.75, 3.05) is 7.05 Å². The van der Waals surface area contributed by atoms with Crippen molar-refractivity contribution in [3.05, 3.63) is 47.7 Å². The molecule has 0 aliphatic carbocycles. The van der Waals surface area contributed by atoms with Crippen molar-refractivity contribution >= 4 is 12.2 Å². The molecule has 19 heavy (non-hydrogen) atoms. The molecule has 2 rings (SSSR count). The molecule has 0 atom stereocenters. The summed E-state index contributed by atoms with van der Waals surface area (Å²) in [7, 11) is 1.60. The number of aryl methyl sites for hydroxylation is 1. The van der Waals surface area contributed by atoms with Crippen LogP contribution < -0.4 is 5.32 Å². The van der Waals surface area contributed by atoms with E-state index in [-0.39, 0.29) is 5.91 Å². The summed E-state index contributed by atoms with van der Waals surface area (Å²) < 4.78 is 5.64. The van der Waals surface area contributed by atoms with Crippen molar-refractivity contribution in [2.24, 2.45) is 0 Å². The van der Waals surface area contributed by atoms with Gasteiger partial charge in [-0.05, 0) is 24.3 Å². The lowest BCUT2D eigenvalue weighted by Gasteiger charge is -2.01. The number of furan rings is 1. The van der Waals surface area contributed by atoms with E-state index < -0.39 is 0 Å². The van der Waals surface area contributed by atoms with Gasteiger partial charge in [0.2, 0.25) is 0 Å². The van der Waals surface area contributed by atoms with Gasteiger partial charge in [-0.25, -0.2) is 0 Å². The van der Waals surface area contributed by atoms with E-state index in [1.54, 1.807) is 19.2 Å². The number of amides is 1. The quantitative estimate of drug-likeness (QED) is 0.837. The first kappa shape index (κ1) is 13.1. The molecule has 1 aromatic carbocycles. The van der Waals surface area contributed by atoms with Gasteiger partial charge in [0, 0.05) is 31.0 Å². The molecule has 2 aromatic rings. The minimum atomic E-state index is -0.113. The molecular formula is C15H15NO3. The topological polar surface area (TPSA) is 59.3 Å². The first-order chi connectivity index (χ1) is 9.24. The van der Waals surface area contributed by atoms with Crippen LogP contribution in [0, 0.1) is 0 Å². The number of carbonyl (C=O) groups is 2. The number of nitrogens with one attached hydrogen (secondary N) is 1. The summed E-state index contributed by atoms with van der Waals surface area (Å²) >= 11 is 0. The van der Waals surface area contributed by atoms with Crippen LogP contribution in [0.2, 0.25) is 0 Å². The highest BCUT2D eigenvalue weighted by molar-refractivity contribution is 5.94. The van der Waals surface area contributed by atoms with Gasteiger partial charge >= 0.3 is 0 Å². The van der Waals surface area contributed by atoms with Crippen LogP contribution in [0.1, 0.15) is 22.5 Å². The highest BCUT2D eigenvalue weighted by Crippen LogP contribution is 2.23. The Hall–Kier alpha value is -2.36. The molecule has 1 heterocycles. The van der Waals surface area contributed by atoms with Crippen molar-refractivity contribution in [1.82, 2.24) is 5.32 Å². The number of hydrogen-bond acceptors (Lipinski definition) is 3. The molecule has 1 N–H and O–H groups in total. The number of hydrogen-bond donors (Lipinski definition) is 1. The Morgan fingerprint density at radius 1 is 1.21 bits per heavy atom. The van der Waals surface area contributed by atoms with Crippen LogP contribution in [0.5, 0.6) is 0 Å². The average molecular weight is 257 g/mol. The maximum atomic E-state index is 11.4. The van der Waals surface area contributed by atoms with Crippen LogP contribution in [0.4, 0.5) is 0 Å². The third-order valence-corrected chi connectivity index (χ3v) is 2.83. The Balaban J connectivity index is 2.15. The fourth-order valence-corrected chi connectivity index (χ4v) is 1.80. The van der Waals surface area contributed by atoms with Crippen LogP contribution in [0.25, 0.3) is 11.3 Å². The highest BCUT2D eigenvalue weighted by Gasteiger charge is 2.07. The van der Waals surface area contributed by atoms with Crippen LogP contribution in [0.15, 0.2) is 40.8 Å². The maximum Gasteiger partial charge on any atom is 0.251 e. The molecule has 0 radical (unpaired) electrons. The predicted octanol–water partition coefficient (Wildman–Crippen LogP) is 2.44. The van der Waals surface area contributed by atoms with Crippen LogP contribution in [-0.2, 0) is 11.2 Å². The van der Waals surface area contributed by atoms with E-state index in [1.165, 1.54) is 0 Å². The monoisotopic (exact) mass is 257 g/mol. The van der Waals surface area contributed by atoms with Crippen molar-refractivity contribution < 1.29 is 14.0 Å². The van der Waals surface area contributed by atoms with Gasteiger partial charge in [0.25, 0.3) is 5.91 Å². The van der Waals surface area contributed by atoms with Crippen molar-refractivity contribution in [1.29, 1.82) is 0 Å². The lowest BCUT2D eigenvalue weighted by Crippen LogP contribution is -2.17. The summed E-state index contributed by atoms with van der Waals surface area (Å²) in [6, 6.07) is 10.9. The molecule has 0 aliphatic rings. The second-order valence-electron chi connectivity index (χ2n) is 4.13. The third-order valence-electron chi connectivity index (χ3n) is 2.83. The summed E-state index contributed by atoms with van der Waals surface area (Å²) in [5.41, 5.74) is 1.52. The van der Waals surface area contributed by atoms with Crippen molar-refractivity contribution in [2.45, 2.75) is 12.8 Å². The molecule has 98 valence electrons. The van der Waals surface area contributed by atoms with Crippen molar-refractivity contribution in [3.63, 3.8) is 0 Å². The van der Waals surface area contributed by atoms with E-state index in [2.05, 4.69) is 5.32 Å². The molecule has 1 amide bonds. The van der Waals surface area contributed by atoms with E-state index in [0.29, 0.717) is 18.4 Å². The van der Waals surface area contributed by atoms with Gasteiger partial charge in [-0.2, -0.15) is 0 Å². The number of carbonyl (C=O) groups excluding carboxylic acids is 2. The summed E-state index contributed by atoms with van der Waals surface area (Å²) in [5, 5.41) is 2.57. The van der Waals surface area contributed by atoms with Crippen LogP contribution in [-0.4, -0.2) is 19.2 Å². The van der Waals surface area contributed by atoms with Crippen LogP contribution >= 0.6 is 0 Å². The molecule has 0 unspecified atom stereocenters. The standard InChI is InChI=1S/C15H15NO3/c1-16-15(18)12-6-4-11(5-7-12)14-9-8-13(19-14)3-2-10-17/h4-10H,2-3H2,1H3,(H,16,18). The van der Waals surface area contributed by atoms with Gasteiger partial charge in [0.05, 0.1) is 0 Å². The van der Waals surface area contributed by atoms with E-state index >= 15 is 0 Å². The fraction of sp³-hybridized carbons (Fsp3) is 0.200. The Morgan fingerprint density at radius 3 is 2.58 bits per heavy atom. The zero-order chi connectivity index (χ0) is 13.7. The van der Waals surface area contributed by atoms with Crippen molar-refractivity contribution in [3.8, 4) is 11.3 Å². The molecule has 1 aromatic heterocycles. The molecule has 0 saturated heterocycles. The molecule has 0 bridgehead atoms. The molecule has 0 saturated carbocycles. The SMILES string of the molecule is CNC(=O)c1ccc(-c2ccc(CCC=O)o2)cc1. The van der Waals surface area contributed by atoms with Gasteiger partial charge < -0.3 is 14.5 Å². The van der Waals surface area contributed by atoms with Gasteiger partial charge in [-0.15, -0.1) is 0 Å². The predicted molar refractivity (Wildman–Crippen MR) is 71.9 cm³/mol. The van der Waals surface area contributed by atoms with Crippen LogP contribution in [0.3, 0.4) is 0 Å². The largest absolute Gasteiger partial charge is 0.461 e. The summed E-state index contributed by atoms with van der Waals surface area (Å²) in [6.45, 7) is 0. The highest BCUT2D eigenvalue weighted by atomic mass is 16.3. The molecule has 0 fully saturated rings. The first-order valence-electron chi connectivity index (χ1n) is 6.09. The summed E-state index contributed by atoms with van der Waals surface area (Å²) in [6.07, 6.45) is 1.95. The number of rotatable bonds is 5. The van der Waals surface area contributed by atoms with Gasteiger partial charge in [-0.1, -0.05) is 12.1 Å². The Bertz CT molecular complexity index is 569. The van der Waals surface area contributed by atoms with Gasteiger partial charge in [0.15, 0.2) is 0 Å². The third kappa shape index (κ3) is 3.10. The zero-order valence-corrected chi connectivity index (χ0v) is 10.7. The molecule has 0 spiro atoms. The maximum absolute atomic E-state index is 11.4. The van der Waals surface area contributed by atoms with E-state index in [0.717, 1.165) is 23.4 Å². The minimum absolute atomic E-state index is 0.113. The van der Waals surface area contributed by atoms with E-state index in [1.807, 2.05) is 24.3 Å². The molecular weight excluding hydrogens is 242 g/mol. The second-order valence-corrected chi connectivity index (χ2v) is 4.13. The normalized spacial score (nSPS) is 10.2. The van der Waals surface area contributed by atoms with E-state index in [9.17, 15) is 9.59 Å². The molecule has 4 heteroatoms. The smallest absolute Gasteiger partial charge is 0.251 e. The molecule has 4 nitrogen and oxygen atoms in total. The van der Waals surface area contributed by atoms with Gasteiger partial charge in [-0.3, -0.25) is 4.79 Å². The lowest BCUT2D eigenvalue weighted by molar-refractivity contribution is -0.107. The zero-order valence-electron chi connectivity index (χ0n) is 10.7. The number of aldehydes is 1. The Morgan fingerprint density at radius 2 is 1.95 bits per heavy atom.